The Morgan fingerprint density at radius 3 is 2.41 bits per heavy atom. The van der Waals surface area contributed by atoms with Gasteiger partial charge in [0.15, 0.2) is 0 Å². The molecule has 2 aromatic rings. The van der Waals surface area contributed by atoms with Crippen LogP contribution < -0.4 is 14.6 Å². The number of carboxylic acid groups (broad SMARTS) is 1. The predicted octanol–water partition coefficient (Wildman–Crippen LogP) is 4.40. The van der Waals surface area contributed by atoms with Crippen molar-refractivity contribution in [1.82, 2.24) is 9.97 Å². The number of carbonyl (C=O) groups is 1. The Morgan fingerprint density at radius 2 is 1.85 bits per heavy atom. The summed E-state index contributed by atoms with van der Waals surface area (Å²) in [5.41, 5.74) is -0.600. The Morgan fingerprint density at radius 1 is 1.18 bits per heavy atom. The molecule has 34 heavy (non-hydrogen) atoms. The van der Waals surface area contributed by atoms with E-state index in [0.29, 0.717) is 16.6 Å². The van der Waals surface area contributed by atoms with Crippen molar-refractivity contribution in [3.63, 3.8) is 0 Å². The molecule has 3 heterocycles. The van der Waals surface area contributed by atoms with E-state index in [1.54, 1.807) is 30.5 Å². The second kappa shape index (κ2) is 9.65. The van der Waals surface area contributed by atoms with E-state index in [0.717, 1.165) is 36.8 Å². The number of aliphatic carboxylic acids is 1. The molecule has 0 radical (unpaired) electrons. The van der Waals surface area contributed by atoms with Crippen LogP contribution in [-0.2, 0) is 4.79 Å². The number of aromatic nitrogens is 2. The molecule has 12 heteroatoms. The van der Waals surface area contributed by atoms with Crippen molar-refractivity contribution in [2.24, 2.45) is 11.0 Å². The number of rotatable bonds is 6. The lowest BCUT2D eigenvalue weighted by Crippen LogP contribution is -2.38. The van der Waals surface area contributed by atoms with Gasteiger partial charge in [0.25, 0.3) is 0 Å². The molecular weight excluding hydrogens is 475 g/mol. The van der Waals surface area contributed by atoms with Crippen molar-refractivity contribution >= 4 is 34.8 Å². The SMILES string of the molecule is C[C@@H]1C(C(F)(F)F)=NN(c2ccc(OC3CCN(c4cnc(Cl)cn4)CC3)cc2)[C@H]1CC(=O)O. The molecule has 0 saturated carbocycles. The van der Waals surface area contributed by atoms with Gasteiger partial charge in [0, 0.05) is 31.8 Å². The molecule has 4 rings (SSSR count). The van der Waals surface area contributed by atoms with Crippen LogP contribution in [0.4, 0.5) is 24.7 Å². The highest BCUT2D eigenvalue weighted by molar-refractivity contribution is 6.29. The minimum Gasteiger partial charge on any atom is -0.490 e. The van der Waals surface area contributed by atoms with E-state index in [-0.39, 0.29) is 6.10 Å². The van der Waals surface area contributed by atoms with Crippen molar-refractivity contribution in [2.45, 2.75) is 44.5 Å². The van der Waals surface area contributed by atoms with Crippen LogP contribution in [-0.4, -0.2) is 58.2 Å². The van der Waals surface area contributed by atoms with Crippen molar-refractivity contribution in [3.8, 4) is 5.75 Å². The van der Waals surface area contributed by atoms with E-state index in [2.05, 4.69) is 20.0 Å². The van der Waals surface area contributed by atoms with E-state index in [4.69, 9.17) is 16.3 Å². The summed E-state index contributed by atoms with van der Waals surface area (Å²) < 4.78 is 46.1. The summed E-state index contributed by atoms with van der Waals surface area (Å²) in [5.74, 6) is -0.920. The second-order valence-electron chi connectivity index (χ2n) is 8.28. The number of nitrogens with zero attached hydrogens (tertiary/aromatic N) is 5. The summed E-state index contributed by atoms with van der Waals surface area (Å²) in [6.07, 6.45) is -0.453. The Bertz CT molecular complexity index is 1040. The maximum atomic E-state index is 13.3. The molecule has 2 atom stereocenters. The fourth-order valence-corrected chi connectivity index (χ4v) is 4.32. The average Bonchev–Trinajstić information content (AvgIpc) is 3.11. The van der Waals surface area contributed by atoms with Crippen molar-refractivity contribution in [1.29, 1.82) is 0 Å². The van der Waals surface area contributed by atoms with Crippen LogP contribution in [0.1, 0.15) is 26.2 Å². The molecule has 1 fully saturated rings. The molecule has 1 aromatic carbocycles. The summed E-state index contributed by atoms with van der Waals surface area (Å²) in [5, 5.41) is 14.4. The van der Waals surface area contributed by atoms with Crippen LogP contribution in [0, 0.1) is 5.92 Å². The van der Waals surface area contributed by atoms with Crippen molar-refractivity contribution < 1.29 is 27.8 Å². The van der Waals surface area contributed by atoms with E-state index >= 15 is 0 Å². The second-order valence-corrected chi connectivity index (χ2v) is 8.66. The fraction of sp³-hybridized carbons (Fsp3) is 0.455. The molecule has 1 aromatic heterocycles. The molecule has 2 aliphatic heterocycles. The lowest BCUT2D eigenvalue weighted by Gasteiger charge is -2.32. The molecule has 0 spiro atoms. The van der Waals surface area contributed by atoms with Gasteiger partial charge in [-0.2, -0.15) is 18.3 Å². The van der Waals surface area contributed by atoms with Gasteiger partial charge in [-0.25, -0.2) is 9.97 Å². The van der Waals surface area contributed by atoms with E-state index < -0.39 is 36.2 Å². The number of anilines is 2. The highest BCUT2D eigenvalue weighted by Gasteiger charge is 2.48. The Kier molecular flexibility index (Phi) is 6.83. The molecular formula is C22H23ClF3N5O3. The van der Waals surface area contributed by atoms with Gasteiger partial charge in [-0.05, 0) is 24.3 Å². The number of piperidine rings is 1. The quantitative estimate of drug-likeness (QED) is 0.632. The van der Waals surface area contributed by atoms with E-state index in [1.165, 1.54) is 13.1 Å². The van der Waals surface area contributed by atoms with Gasteiger partial charge in [0.05, 0.1) is 30.5 Å². The lowest BCUT2D eigenvalue weighted by molar-refractivity contribution is -0.137. The van der Waals surface area contributed by atoms with Gasteiger partial charge in [-0.1, -0.05) is 18.5 Å². The number of benzene rings is 1. The number of alkyl halides is 3. The summed E-state index contributed by atoms with van der Waals surface area (Å²) in [4.78, 5) is 21.7. The van der Waals surface area contributed by atoms with Crippen LogP contribution >= 0.6 is 11.6 Å². The molecule has 0 aliphatic carbocycles. The maximum Gasteiger partial charge on any atom is 0.431 e. The zero-order valence-corrected chi connectivity index (χ0v) is 19.0. The number of hydrogen-bond donors (Lipinski definition) is 1. The van der Waals surface area contributed by atoms with Crippen molar-refractivity contribution in [3.05, 3.63) is 41.8 Å². The maximum absolute atomic E-state index is 13.3. The first-order chi connectivity index (χ1) is 16.1. The van der Waals surface area contributed by atoms with Crippen LogP contribution in [0.2, 0.25) is 5.15 Å². The standard InChI is InChI=1S/C22H23ClF3N5O3/c1-13-17(10-20(32)33)31(29-21(13)22(24,25)26)14-2-4-15(5-3-14)34-16-6-8-30(9-7-16)19-12-27-18(23)11-28-19/h2-5,11-13,16-17H,6-10H2,1H3,(H,32,33)/t13-,17-/m0/s1. The smallest absolute Gasteiger partial charge is 0.431 e. The first-order valence-electron chi connectivity index (χ1n) is 10.8. The number of hydrogen-bond acceptors (Lipinski definition) is 7. The molecule has 0 bridgehead atoms. The zero-order valence-electron chi connectivity index (χ0n) is 18.2. The van der Waals surface area contributed by atoms with Gasteiger partial charge < -0.3 is 14.7 Å². The molecule has 182 valence electrons. The topological polar surface area (TPSA) is 91.2 Å². The van der Waals surface area contributed by atoms with Gasteiger partial charge in [0.2, 0.25) is 0 Å². The third-order valence-electron chi connectivity index (χ3n) is 5.99. The molecule has 2 aliphatic rings. The van der Waals surface area contributed by atoms with E-state index in [9.17, 15) is 23.1 Å². The van der Waals surface area contributed by atoms with Crippen molar-refractivity contribution in [2.75, 3.05) is 23.0 Å². The van der Waals surface area contributed by atoms with Crippen LogP contribution in [0.3, 0.4) is 0 Å². The van der Waals surface area contributed by atoms with E-state index in [1.807, 2.05) is 0 Å². The predicted molar refractivity (Wildman–Crippen MR) is 121 cm³/mol. The number of ether oxygens (including phenoxy) is 1. The first-order valence-corrected chi connectivity index (χ1v) is 11.2. The molecule has 1 N–H and O–H groups in total. The van der Waals surface area contributed by atoms with Crippen LogP contribution in [0.15, 0.2) is 41.8 Å². The molecule has 0 amide bonds. The number of hydrazone groups is 1. The van der Waals surface area contributed by atoms with Gasteiger partial charge in [0.1, 0.15) is 28.5 Å². The van der Waals surface area contributed by atoms with Gasteiger partial charge in [-0.15, -0.1) is 0 Å². The summed E-state index contributed by atoms with van der Waals surface area (Å²) in [7, 11) is 0. The lowest BCUT2D eigenvalue weighted by atomic mass is 9.94. The Labute approximate surface area is 199 Å². The fourth-order valence-electron chi connectivity index (χ4n) is 4.22. The van der Waals surface area contributed by atoms with Crippen LogP contribution in [0.5, 0.6) is 5.75 Å². The zero-order chi connectivity index (χ0) is 24.5. The van der Waals surface area contributed by atoms with Gasteiger partial charge in [-0.3, -0.25) is 9.80 Å². The molecule has 8 nitrogen and oxygen atoms in total. The number of carboxylic acids is 1. The monoisotopic (exact) mass is 497 g/mol. The van der Waals surface area contributed by atoms with Crippen LogP contribution in [0.25, 0.3) is 0 Å². The summed E-state index contributed by atoms with van der Waals surface area (Å²) in [6, 6.07) is 5.59. The third-order valence-corrected chi connectivity index (χ3v) is 6.18. The van der Waals surface area contributed by atoms with Gasteiger partial charge >= 0.3 is 12.1 Å². The largest absolute Gasteiger partial charge is 0.490 e. The normalized spacial score (nSPS) is 21.5. The summed E-state index contributed by atoms with van der Waals surface area (Å²) >= 11 is 5.78. The Balaban J connectivity index is 1.40. The Hall–Kier alpha value is -3.08. The minimum atomic E-state index is -4.62. The molecule has 0 unspecified atom stereocenters. The highest BCUT2D eigenvalue weighted by Crippen LogP contribution is 2.37. The summed E-state index contributed by atoms with van der Waals surface area (Å²) in [6.45, 7) is 2.81. The third kappa shape index (κ3) is 5.35. The highest BCUT2D eigenvalue weighted by atomic mass is 35.5. The molecule has 1 saturated heterocycles. The minimum absolute atomic E-state index is 0.0243. The number of halogens is 4. The first kappa shape index (κ1) is 24.1. The average molecular weight is 498 g/mol.